The molecular formula is C16H9ClN2O2S. The maximum absolute atomic E-state index is 10.2. The summed E-state index contributed by atoms with van der Waals surface area (Å²) in [5.41, 5.74) is 1.28. The summed E-state index contributed by atoms with van der Waals surface area (Å²) in [5, 5.41) is 11.6. The molecule has 0 amide bonds. The van der Waals surface area contributed by atoms with Crippen LogP contribution < -0.4 is 0 Å². The highest BCUT2D eigenvalue weighted by Crippen LogP contribution is 2.35. The summed E-state index contributed by atoms with van der Waals surface area (Å²) in [5.74, 6) is 0.225. The number of halogens is 1. The Labute approximate surface area is 134 Å². The third kappa shape index (κ3) is 2.24. The van der Waals surface area contributed by atoms with E-state index in [1.165, 1.54) is 11.3 Å². The van der Waals surface area contributed by atoms with Crippen molar-refractivity contribution in [1.82, 2.24) is 4.98 Å². The molecule has 0 spiro atoms. The van der Waals surface area contributed by atoms with E-state index in [2.05, 4.69) is 9.98 Å². The van der Waals surface area contributed by atoms with E-state index in [-0.39, 0.29) is 11.8 Å². The highest BCUT2D eigenvalue weighted by atomic mass is 35.5. The van der Waals surface area contributed by atoms with Crippen molar-refractivity contribution in [2.24, 2.45) is 4.99 Å². The van der Waals surface area contributed by atoms with Crippen molar-refractivity contribution < 1.29 is 9.52 Å². The van der Waals surface area contributed by atoms with E-state index < -0.39 is 0 Å². The van der Waals surface area contributed by atoms with Gasteiger partial charge in [-0.25, -0.2) is 4.99 Å². The zero-order valence-corrected chi connectivity index (χ0v) is 12.7. The Morgan fingerprint density at radius 1 is 1.23 bits per heavy atom. The summed E-state index contributed by atoms with van der Waals surface area (Å²) in [6.45, 7) is 0. The topological polar surface area (TPSA) is 58.6 Å². The highest BCUT2D eigenvalue weighted by molar-refractivity contribution is 7.21. The number of aromatic nitrogens is 1. The van der Waals surface area contributed by atoms with Crippen molar-refractivity contribution in [1.29, 1.82) is 0 Å². The molecule has 4 aromatic rings. The van der Waals surface area contributed by atoms with E-state index in [0.29, 0.717) is 21.0 Å². The summed E-state index contributed by atoms with van der Waals surface area (Å²) in [6, 6.07) is 13.1. The zero-order valence-electron chi connectivity index (χ0n) is 11.2. The monoisotopic (exact) mass is 328 g/mol. The number of aromatic hydroxyl groups is 1. The van der Waals surface area contributed by atoms with Gasteiger partial charge in [0.2, 0.25) is 0 Å². The Balaban J connectivity index is 1.73. The first-order valence-electron chi connectivity index (χ1n) is 6.51. The number of rotatable bonds is 2. The molecule has 6 heteroatoms. The SMILES string of the molecule is Oc1c(C=Nc2nc3cc(Cl)ccc3o2)sc2ccccc12. The van der Waals surface area contributed by atoms with Crippen molar-refractivity contribution >= 4 is 56.4 Å². The largest absolute Gasteiger partial charge is 0.506 e. The lowest BCUT2D eigenvalue weighted by Crippen LogP contribution is -1.74. The molecule has 0 bridgehead atoms. The molecule has 0 unspecified atom stereocenters. The minimum absolute atomic E-state index is 0.225. The molecule has 0 aliphatic carbocycles. The van der Waals surface area contributed by atoms with Crippen LogP contribution in [0.5, 0.6) is 5.75 Å². The van der Waals surface area contributed by atoms with E-state index in [9.17, 15) is 5.11 Å². The number of nitrogens with zero attached hydrogens (tertiary/aromatic N) is 2. The van der Waals surface area contributed by atoms with Crippen LogP contribution in [0.3, 0.4) is 0 Å². The molecule has 0 saturated carbocycles. The molecule has 2 aromatic heterocycles. The molecule has 1 N–H and O–H groups in total. The number of fused-ring (bicyclic) bond motifs is 2. The van der Waals surface area contributed by atoms with Gasteiger partial charge >= 0.3 is 6.01 Å². The van der Waals surface area contributed by atoms with Gasteiger partial charge in [-0.1, -0.05) is 23.7 Å². The maximum atomic E-state index is 10.2. The normalized spacial score (nSPS) is 11.9. The predicted octanol–water partition coefficient (Wildman–Crippen LogP) is 5.15. The Bertz CT molecular complexity index is 1020. The fraction of sp³-hybridized carbons (Fsp3) is 0. The average molecular weight is 329 g/mol. The standard InChI is InChI=1S/C16H9ClN2O2S/c17-9-5-6-12-11(7-9)19-16(21-12)18-8-14-15(20)10-3-1-2-4-13(10)22-14/h1-8,20H. The maximum Gasteiger partial charge on any atom is 0.322 e. The lowest BCUT2D eigenvalue weighted by atomic mass is 10.2. The summed E-state index contributed by atoms with van der Waals surface area (Å²) in [7, 11) is 0. The van der Waals surface area contributed by atoms with Gasteiger partial charge in [-0.05, 0) is 30.3 Å². The molecule has 0 saturated heterocycles. The third-order valence-corrected chi connectivity index (χ3v) is 4.56. The first-order valence-corrected chi connectivity index (χ1v) is 7.71. The van der Waals surface area contributed by atoms with E-state index in [4.69, 9.17) is 16.0 Å². The van der Waals surface area contributed by atoms with Crippen LogP contribution in [-0.2, 0) is 0 Å². The van der Waals surface area contributed by atoms with Crippen LogP contribution in [-0.4, -0.2) is 16.3 Å². The van der Waals surface area contributed by atoms with E-state index in [1.807, 2.05) is 24.3 Å². The van der Waals surface area contributed by atoms with Crippen molar-refractivity contribution in [2.45, 2.75) is 0 Å². The number of benzene rings is 2. The predicted molar refractivity (Wildman–Crippen MR) is 89.8 cm³/mol. The quantitative estimate of drug-likeness (QED) is 0.517. The summed E-state index contributed by atoms with van der Waals surface area (Å²) in [6.07, 6.45) is 1.56. The molecule has 0 radical (unpaired) electrons. The second-order valence-corrected chi connectivity index (χ2v) is 6.20. The molecule has 0 aliphatic rings. The van der Waals surface area contributed by atoms with Crippen LogP contribution in [0.4, 0.5) is 6.01 Å². The number of oxazole rings is 1. The smallest absolute Gasteiger partial charge is 0.322 e. The Morgan fingerprint density at radius 3 is 2.95 bits per heavy atom. The Morgan fingerprint density at radius 2 is 2.09 bits per heavy atom. The summed E-state index contributed by atoms with van der Waals surface area (Å²) < 4.78 is 6.52. The van der Waals surface area contributed by atoms with Crippen molar-refractivity contribution in [3.05, 3.63) is 52.4 Å². The number of hydrogen-bond donors (Lipinski definition) is 1. The molecule has 0 atom stereocenters. The van der Waals surface area contributed by atoms with Crippen LogP contribution in [0.25, 0.3) is 21.2 Å². The highest BCUT2D eigenvalue weighted by Gasteiger charge is 2.09. The van der Waals surface area contributed by atoms with E-state index in [0.717, 1.165) is 10.1 Å². The van der Waals surface area contributed by atoms with Crippen LogP contribution >= 0.6 is 22.9 Å². The molecular weight excluding hydrogens is 320 g/mol. The first kappa shape index (κ1) is 13.3. The van der Waals surface area contributed by atoms with Gasteiger partial charge in [-0.3, -0.25) is 0 Å². The minimum atomic E-state index is 0.225. The van der Waals surface area contributed by atoms with Gasteiger partial charge in [-0.15, -0.1) is 11.3 Å². The lowest BCUT2D eigenvalue weighted by Gasteiger charge is -1.89. The van der Waals surface area contributed by atoms with Crippen LogP contribution in [0.15, 0.2) is 51.9 Å². The Hall–Kier alpha value is -2.37. The molecule has 0 aliphatic heterocycles. The molecule has 108 valence electrons. The first-order chi connectivity index (χ1) is 10.7. The summed E-state index contributed by atoms with van der Waals surface area (Å²) in [4.78, 5) is 9.12. The second-order valence-electron chi connectivity index (χ2n) is 4.68. The van der Waals surface area contributed by atoms with Gasteiger partial charge in [0.1, 0.15) is 11.3 Å². The lowest BCUT2D eigenvalue weighted by molar-refractivity contribution is 0.483. The van der Waals surface area contributed by atoms with Gasteiger partial charge in [0.15, 0.2) is 5.58 Å². The van der Waals surface area contributed by atoms with Crippen molar-refractivity contribution in [2.75, 3.05) is 0 Å². The zero-order chi connectivity index (χ0) is 15.1. The van der Waals surface area contributed by atoms with Gasteiger partial charge in [0, 0.05) is 15.1 Å². The van der Waals surface area contributed by atoms with Gasteiger partial charge in [-0.2, -0.15) is 4.98 Å². The van der Waals surface area contributed by atoms with Gasteiger partial charge < -0.3 is 9.52 Å². The van der Waals surface area contributed by atoms with Crippen molar-refractivity contribution in [3.8, 4) is 5.75 Å². The van der Waals surface area contributed by atoms with Crippen molar-refractivity contribution in [3.63, 3.8) is 0 Å². The summed E-state index contributed by atoms with van der Waals surface area (Å²) >= 11 is 7.38. The van der Waals surface area contributed by atoms with Crippen LogP contribution in [0.1, 0.15) is 4.88 Å². The molecule has 0 fully saturated rings. The number of aliphatic imine (C=N–C) groups is 1. The Kier molecular flexibility index (Phi) is 3.10. The molecule has 2 aromatic carbocycles. The van der Waals surface area contributed by atoms with Crippen LogP contribution in [0.2, 0.25) is 5.02 Å². The fourth-order valence-electron chi connectivity index (χ4n) is 2.20. The second kappa shape index (κ2) is 5.12. The average Bonchev–Trinajstić information content (AvgIpc) is 3.06. The van der Waals surface area contributed by atoms with Crippen LogP contribution in [0, 0.1) is 0 Å². The number of hydrogen-bond acceptors (Lipinski definition) is 5. The van der Waals surface area contributed by atoms with Gasteiger partial charge in [0.05, 0.1) is 11.1 Å². The molecule has 4 nitrogen and oxygen atoms in total. The molecule has 2 heterocycles. The minimum Gasteiger partial charge on any atom is -0.506 e. The van der Waals surface area contributed by atoms with Gasteiger partial charge in [0.25, 0.3) is 0 Å². The van der Waals surface area contributed by atoms with E-state index >= 15 is 0 Å². The fourth-order valence-corrected chi connectivity index (χ4v) is 3.33. The van der Waals surface area contributed by atoms with E-state index in [1.54, 1.807) is 24.4 Å². The number of thiophene rings is 1. The molecule has 22 heavy (non-hydrogen) atoms. The third-order valence-electron chi connectivity index (χ3n) is 3.23. The molecule has 4 rings (SSSR count).